The molecule has 0 spiro atoms. The van der Waals surface area contributed by atoms with Gasteiger partial charge in [-0.15, -0.1) is 0 Å². The van der Waals surface area contributed by atoms with Crippen molar-refractivity contribution in [1.29, 1.82) is 0 Å². The van der Waals surface area contributed by atoms with Crippen molar-refractivity contribution in [3.8, 4) is 5.75 Å². The summed E-state index contributed by atoms with van der Waals surface area (Å²) in [6, 6.07) is 6.13. The number of benzene rings is 1. The number of nitrogens with one attached hydrogen (secondary N) is 1. The Labute approximate surface area is 127 Å². The Balaban J connectivity index is 2.47. The van der Waals surface area contributed by atoms with Crippen LogP contribution in [0.5, 0.6) is 5.75 Å². The topological polar surface area (TPSA) is 58.6 Å². The van der Waals surface area contributed by atoms with Gasteiger partial charge in [-0.25, -0.2) is 0 Å². The van der Waals surface area contributed by atoms with Gasteiger partial charge < -0.3 is 9.84 Å². The SMILES string of the molecule is Cc1ccc(OCCCC(C)(NC(C)C)C(=O)O)cc1C. The third-order valence-electron chi connectivity index (χ3n) is 3.65. The second-order valence-electron chi connectivity index (χ2n) is 6.13. The maximum Gasteiger partial charge on any atom is 0.323 e. The predicted molar refractivity (Wildman–Crippen MR) is 85.0 cm³/mol. The van der Waals surface area contributed by atoms with Gasteiger partial charge >= 0.3 is 5.97 Å². The zero-order valence-electron chi connectivity index (χ0n) is 13.7. The molecule has 1 aromatic carbocycles. The van der Waals surface area contributed by atoms with Gasteiger partial charge in [0.05, 0.1) is 6.61 Å². The lowest BCUT2D eigenvalue weighted by molar-refractivity contribution is -0.144. The number of aryl methyl sites for hydroxylation is 2. The first-order chi connectivity index (χ1) is 9.74. The Kier molecular flexibility index (Phi) is 6.21. The van der Waals surface area contributed by atoms with Crippen LogP contribution in [0, 0.1) is 13.8 Å². The summed E-state index contributed by atoms with van der Waals surface area (Å²) in [5.74, 6) is 0.0225. The van der Waals surface area contributed by atoms with E-state index in [2.05, 4.69) is 19.2 Å². The molecule has 0 amide bonds. The van der Waals surface area contributed by atoms with Gasteiger partial charge in [-0.05, 0) is 70.7 Å². The van der Waals surface area contributed by atoms with E-state index in [-0.39, 0.29) is 6.04 Å². The van der Waals surface area contributed by atoms with Crippen molar-refractivity contribution in [3.05, 3.63) is 29.3 Å². The molecular formula is C17H27NO3. The minimum Gasteiger partial charge on any atom is -0.494 e. The molecule has 1 atom stereocenters. The lowest BCUT2D eigenvalue weighted by Crippen LogP contribution is -2.52. The maximum absolute atomic E-state index is 11.4. The second-order valence-corrected chi connectivity index (χ2v) is 6.13. The normalized spacial score (nSPS) is 14.0. The number of ether oxygens (including phenoxy) is 1. The average molecular weight is 293 g/mol. The molecule has 0 aliphatic rings. The molecule has 0 bridgehead atoms. The van der Waals surface area contributed by atoms with Crippen LogP contribution in [-0.4, -0.2) is 29.3 Å². The van der Waals surface area contributed by atoms with E-state index in [1.54, 1.807) is 6.92 Å². The summed E-state index contributed by atoms with van der Waals surface area (Å²) in [5.41, 5.74) is 1.53. The highest BCUT2D eigenvalue weighted by atomic mass is 16.5. The lowest BCUT2D eigenvalue weighted by atomic mass is 9.95. The highest BCUT2D eigenvalue weighted by Gasteiger charge is 2.32. The molecule has 0 saturated carbocycles. The first-order valence-corrected chi connectivity index (χ1v) is 7.46. The largest absolute Gasteiger partial charge is 0.494 e. The van der Waals surface area contributed by atoms with Crippen molar-refractivity contribution >= 4 is 5.97 Å². The highest BCUT2D eigenvalue weighted by molar-refractivity contribution is 5.78. The monoisotopic (exact) mass is 293 g/mol. The number of hydrogen-bond acceptors (Lipinski definition) is 3. The van der Waals surface area contributed by atoms with Gasteiger partial charge in [-0.3, -0.25) is 10.1 Å². The fourth-order valence-corrected chi connectivity index (χ4v) is 2.30. The molecular weight excluding hydrogens is 266 g/mol. The van der Waals surface area contributed by atoms with E-state index >= 15 is 0 Å². The molecule has 0 radical (unpaired) electrons. The van der Waals surface area contributed by atoms with Crippen LogP contribution >= 0.6 is 0 Å². The van der Waals surface area contributed by atoms with Crippen LogP contribution in [0.15, 0.2) is 18.2 Å². The van der Waals surface area contributed by atoms with Gasteiger partial charge in [0, 0.05) is 6.04 Å². The second kappa shape index (κ2) is 7.46. The van der Waals surface area contributed by atoms with Crippen molar-refractivity contribution < 1.29 is 14.6 Å². The smallest absolute Gasteiger partial charge is 0.323 e. The molecule has 118 valence electrons. The van der Waals surface area contributed by atoms with Crippen molar-refractivity contribution in [3.63, 3.8) is 0 Å². The minimum atomic E-state index is -0.902. The van der Waals surface area contributed by atoms with E-state index < -0.39 is 11.5 Å². The highest BCUT2D eigenvalue weighted by Crippen LogP contribution is 2.18. The summed E-state index contributed by atoms with van der Waals surface area (Å²) < 4.78 is 5.70. The summed E-state index contributed by atoms with van der Waals surface area (Å²) in [7, 11) is 0. The summed E-state index contributed by atoms with van der Waals surface area (Å²) in [6.45, 7) is 10.3. The minimum absolute atomic E-state index is 0.131. The van der Waals surface area contributed by atoms with Gasteiger partial charge in [0.25, 0.3) is 0 Å². The quantitative estimate of drug-likeness (QED) is 0.722. The molecule has 21 heavy (non-hydrogen) atoms. The summed E-state index contributed by atoms with van der Waals surface area (Å²) in [6.07, 6.45) is 1.22. The predicted octanol–water partition coefficient (Wildman–Crippen LogP) is 3.30. The Morgan fingerprint density at radius 2 is 2.00 bits per heavy atom. The molecule has 0 fully saturated rings. The number of carboxylic acid groups (broad SMARTS) is 1. The van der Waals surface area contributed by atoms with Gasteiger partial charge in [0.2, 0.25) is 0 Å². The van der Waals surface area contributed by atoms with E-state index in [1.165, 1.54) is 11.1 Å². The van der Waals surface area contributed by atoms with Crippen LogP contribution in [0.3, 0.4) is 0 Å². The summed E-state index contributed by atoms with van der Waals surface area (Å²) in [5, 5.41) is 12.5. The fraction of sp³-hybridized carbons (Fsp3) is 0.588. The summed E-state index contributed by atoms with van der Waals surface area (Å²) >= 11 is 0. The van der Waals surface area contributed by atoms with E-state index in [0.29, 0.717) is 19.4 Å². The van der Waals surface area contributed by atoms with Gasteiger partial charge in [-0.1, -0.05) is 6.07 Å². The third-order valence-corrected chi connectivity index (χ3v) is 3.65. The van der Waals surface area contributed by atoms with Crippen molar-refractivity contribution in [2.24, 2.45) is 0 Å². The summed E-state index contributed by atoms with van der Waals surface area (Å²) in [4.78, 5) is 11.4. The third kappa shape index (κ3) is 5.38. The number of rotatable bonds is 8. The lowest BCUT2D eigenvalue weighted by Gasteiger charge is -2.28. The molecule has 1 unspecified atom stereocenters. The van der Waals surface area contributed by atoms with Crippen LogP contribution in [0.25, 0.3) is 0 Å². The molecule has 0 aromatic heterocycles. The van der Waals surface area contributed by atoms with Gasteiger partial charge in [-0.2, -0.15) is 0 Å². The van der Waals surface area contributed by atoms with Crippen molar-refractivity contribution in [2.45, 2.75) is 59.0 Å². The van der Waals surface area contributed by atoms with Crippen molar-refractivity contribution in [1.82, 2.24) is 5.32 Å². The van der Waals surface area contributed by atoms with E-state index in [0.717, 1.165) is 5.75 Å². The number of carboxylic acids is 1. The van der Waals surface area contributed by atoms with Crippen molar-refractivity contribution in [2.75, 3.05) is 6.61 Å². The molecule has 4 nitrogen and oxygen atoms in total. The molecule has 0 saturated heterocycles. The number of hydrogen-bond donors (Lipinski definition) is 2. The molecule has 1 rings (SSSR count). The average Bonchev–Trinajstić information content (AvgIpc) is 2.38. The fourth-order valence-electron chi connectivity index (χ4n) is 2.30. The molecule has 0 heterocycles. The van der Waals surface area contributed by atoms with Crippen LogP contribution in [0.1, 0.15) is 44.7 Å². The van der Waals surface area contributed by atoms with Crippen LogP contribution < -0.4 is 10.1 Å². The van der Waals surface area contributed by atoms with Crippen LogP contribution in [0.2, 0.25) is 0 Å². The van der Waals surface area contributed by atoms with Gasteiger partial charge in [0.15, 0.2) is 0 Å². The van der Waals surface area contributed by atoms with Gasteiger partial charge in [0.1, 0.15) is 11.3 Å². The Bertz CT molecular complexity index is 485. The Hall–Kier alpha value is -1.55. The van der Waals surface area contributed by atoms with E-state index in [1.807, 2.05) is 32.0 Å². The van der Waals surface area contributed by atoms with Crippen LogP contribution in [-0.2, 0) is 4.79 Å². The molecule has 4 heteroatoms. The molecule has 0 aliphatic carbocycles. The number of carbonyl (C=O) groups is 1. The molecule has 1 aromatic rings. The van der Waals surface area contributed by atoms with E-state index in [4.69, 9.17) is 4.74 Å². The Morgan fingerprint density at radius 3 is 2.52 bits per heavy atom. The standard InChI is InChI=1S/C17H27NO3/c1-12(2)18-17(5,16(19)20)9-6-10-21-15-8-7-13(3)14(4)11-15/h7-8,11-12,18H,6,9-10H2,1-5H3,(H,19,20). The zero-order chi connectivity index (χ0) is 16.0. The van der Waals surface area contributed by atoms with E-state index in [9.17, 15) is 9.90 Å². The Morgan fingerprint density at radius 1 is 1.33 bits per heavy atom. The number of aliphatic carboxylic acids is 1. The first kappa shape index (κ1) is 17.5. The zero-order valence-corrected chi connectivity index (χ0v) is 13.7. The first-order valence-electron chi connectivity index (χ1n) is 7.46. The van der Waals surface area contributed by atoms with Crippen LogP contribution in [0.4, 0.5) is 0 Å². The maximum atomic E-state index is 11.4. The molecule has 0 aliphatic heterocycles. The molecule has 2 N–H and O–H groups in total.